The van der Waals surface area contributed by atoms with E-state index in [2.05, 4.69) is 5.32 Å². The first-order chi connectivity index (χ1) is 9.91. The van der Waals surface area contributed by atoms with Gasteiger partial charge in [-0.25, -0.2) is 0 Å². The summed E-state index contributed by atoms with van der Waals surface area (Å²) in [5.74, 6) is 0.296. The molecule has 21 heavy (non-hydrogen) atoms. The second-order valence-electron chi connectivity index (χ2n) is 4.37. The van der Waals surface area contributed by atoms with E-state index in [1.165, 1.54) is 31.4 Å². The molecule has 0 aliphatic heterocycles. The summed E-state index contributed by atoms with van der Waals surface area (Å²) >= 11 is 5.84. The number of nitrogens with one attached hydrogen (secondary N) is 1. The smallest absolute Gasteiger partial charge is 0.412 e. The van der Waals surface area contributed by atoms with Crippen LogP contribution in [0.2, 0.25) is 5.02 Å². The summed E-state index contributed by atoms with van der Waals surface area (Å²) in [6, 6.07) is 10.3. The molecule has 0 amide bonds. The van der Waals surface area contributed by atoms with E-state index in [1.807, 2.05) is 0 Å². The number of hydrogen-bond donors (Lipinski definition) is 1. The Morgan fingerprint density at radius 1 is 1.10 bits per heavy atom. The maximum atomic E-state index is 13.3. The van der Waals surface area contributed by atoms with E-state index in [0.717, 1.165) is 0 Å². The van der Waals surface area contributed by atoms with Gasteiger partial charge in [0.15, 0.2) is 0 Å². The molecule has 2 aromatic rings. The summed E-state index contributed by atoms with van der Waals surface area (Å²) in [4.78, 5) is 0. The van der Waals surface area contributed by atoms with Crippen molar-refractivity contribution in [2.45, 2.75) is 12.2 Å². The van der Waals surface area contributed by atoms with Gasteiger partial charge in [0.25, 0.3) is 0 Å². The lowest BCUT2D eigenvalue weighted by Crippen LogP contribution is -2.28. The van der Waals surface area contributed by atoms with Crippen molar-refractivity contribution in [3.8, 4) is 5.75 Å². The molecule has 0 saturated heterocycles. The first-order valence-electron chi connectivity index (χ1n) is 6.13. The predicted octanol–water partition coefficient (Wildman–Crippen LogP) is 5.06. The Bertz CT molecular complexity index is 602. The standard InChI is InChI=1S/C15H13ClF3NO/c1-21-13-8-7-11(16)9-12(13)20-14(15(17,18)19)10-5-3-2-4-6-10/h2-9,14,20H,1H3. The Labute approximate surface area is 125 Å². The van der Waals surface area contributed by atoms with Gasteiger partial charge in [-0.2, -0.15) is 13.2 Å². The first kappa shape index (κ1) is 15.5. The topological polar surface area (TPSA) is 21.3 Å². The van der Waals surface area contributed by atoms with Gasteiger partial charge in [-0.15, -0.1) is 0 Å². The molecule has 2 aromatic carbocycles. The predicted molar refractivity (Wildman–Crippen MR) is 76.9 cm³/mol. The van der Waals surface area contributed by atoms with Crippen LogP contribution in [0.5, 0.6) is 5.75 Å². The number of anilines is 1. The van der Waals surface area contributed by atoms with Gasteiger partial charge in [-0.05, 0) is 23.8 Å². The molecule has 112 valence electrons. The molecule has 1 unspecified atom stereocenters. The minimum absolute atomic E-state index is 0.118. The summed E-state index contributed by atoms with van der Waals surface area (Å²) in [6.45, 7) is 0. The van der Waals surface area contributed by atoms with Crippen molar-refractivity contribution in [3.63, 3.8) is 0 Å². The number of alkyl halides is 3. The molecular formula is C15H13ClF3NO. The van der Waals surface area contributed by atoms with Gasteiger partial charge in [0.2, 0.25) is 0 Å². The number of benzene rings is 2. The molecule has 2 rings (SSSR count). The lowest BCUT2D eigenvalue weighted by atomic mass is 10.1. The average Bonchev–Trinajstić information content (AvgIpc) is 2.44. The van der Waals surface area contributed by atoms with Gasteiger partial charge >= 0.3 is 6.18 Å². The van der Waals surface area contributed by atoms with Gasteiger partial charge in [-0.3, -0.25) is 0 Å². The minimum atomic E-state index is -4.45. The highest BCUT2D eigenvalue weighted by molar-refractivity contribution is 6.30. The van der Waals surface area contributed by atoms with Crippen molar-refractivity contribution in [2.24, 2.45) is 0 Å². The zero-order chi connectivity index (χ0) is 15.5. The van der Waals surface area contributed by atoms with Gasteiger partial charge in [0.1, 0.15) is 11.8 Å². The first-order valence-corrected chi connectivity index (χ1v) is 6.51. The maximum absolute atomic E-state index is 13.3. The van der Waals surface area contributed by atoms with E-state index in [0.29, 0.717) is 10.8 Å². The van der Waals surface area contributed by atoms with Crippen LogP contribution in [-0.4, -0.2) is 13.3 Å². The van der Waals surface area contributed by atoms with Crippen LogP contribution in [0, 0.1) is 0 Å². The van der Waals surface area contributed by atoms with Gasteiger partial charge < -0.3 is 10.1 Å². The molecular weight excluding hydrogens is 303 g/mol. The van der Waals surface area contributed by atoms with Crippen molar-refractivity contribution in [2.75, 3.05) is 12.4 Å². The molecule has 1 N–H and O–H groups in total. The van der Waals surface area contributed by atoms with Gasteiger partial charge in [0, 0.05) is 5.02 Å². The van der Waals surface area contributed by atoms with Crippen molar-refractivity contribution in [1.29, 1.82) is 0 Å². The molecule has 0 fully saturated rings. The fraction of sp³-hybridized carbons (Fsp3) is 0.200. The van der Waals surface area contributed by atoms with Crippen molar-refractivity contribution in [3.05, 3.63) is 59.1 Å². The largest absolute Gasteiger partial charge is 0.495 e. The van der Waals surface area contributed by atoms with E-state index in [1.54, 1.807) is 24.3 Å². The van der Waals surface area contributed by atoms with Gasteiger partial charge in [0.05, 0.1) is 12.8 Å². The molecule has 1 atom stereocenters. The van der Waals surface area contributed by atoms with E-state index >= 15 is 0 Å². The van der Waals surface area contributed by atoms with Crippen LogP contribution in [0.4, 0.5) is 18.9 Å². The molecule has 0 bridgehead atoms. The minimum Gasteiger partial charge on any atom is -0.495 e. The third kappa shape index (κ3) is 3.82. The van der Waals surface area contributed by atoms with Crippen molar-refractivity contribution < 1.29 is 17.9 Å². The Morgan fingerprint density at radius 3 is 2.33 bits per heavy atom. The number of halogens is 4. The highest BCUT2D eigenvalue weighted by Gasteiger charge is 2.41. The Hall–Kier alpha value is -1.88. The third-order valence-electron chi connectivity index (χ3n) is 2.92. The average molecular weight is 316 g/mol. The summed E-state index contributed by atoms with van der Waals surface area (Å²) in [5.41, 5.74) is 0.309. The molecule has 2 nitrogen and oxygen atoms in total. The van der Waals surface area contributed by atoms with Crippen LogP contribution in [0.25, 0.3) is 0 Å². The molecule has 0 spiro atoms. The van der Waals surface area contributed by atoms with Crippen LogP contribution in [0.15, 0.2) is 48.5 Å². The zero-order valence-electron chi connectivity index (χ0n) is 11.1. The summed E-state index contributed by atoms with van der Waals surface area (Å²) < 4.78 is 44.9. The Morgan fingerprint density at radius 2 is 1.76 bits per heavy atom. The fourth-order valence-electron chi connectivity index (χ4n) is 1.95. The van der Waals surface area contributed by atoms with Crippen LogP contribution in [0.1, 0.15) is 11.6 Å². The number of rotatable bonds is 4. The summed E-state index contributed by atoms with van der Waals surface area (Å²) in [6.07, 6.45) is -4.45. The van der Waals surface area contributed by atoms with E-state index in [9.17, 15) is 13.2 Å². The van der Waals surface area contributed by atoms with E-state index in [-0.39, 0.29) is 11.3 Å². The molecule has 0 aromatic heterocycles. The number of ether oxygens (including phenoxy) is 1. The molecule has 0 aliphatic rings. The second-order valence-corrected chi connectivity index (χ2v) is 4.81. The monoisotopic (exact) mass is 315 g/mol. The zero-order valence-corrected chi connectivity index (χ0v) is 11.9. The fourth-order valence-corrected chi connectivity index (χ4v) is 2.12. The second kappa shape index (κ2) is 6.26. The normalized spacial score (nSPS) is 12.8. The summed E-state index contributed by atoms with van der Waals surface area (Å²) in [7, 11) is 1.39. The van der Waals surface area contributed by atoms with E-state index < -0.39 is 12.2 Å². The maximum Gasteiger partial charge on any atom is 0.412 e. The van der Waals surface area contributed by atoms with Crippen molar-refractivity contribution in [1.82, 2.24) is 0 Å². The van der Waals surface area contributed by atoms with Crippen LogP contribution in [0.3, 0.4) is 0 Å². The number of hydrogen-bond acceptors (Lipinski definition) is 2. The lowest BCUT2D eigenvalue weighted by Gasteiger charge is -2.24. The summed E-state index contributed by atoms with van der Waals surface area (Å²) in [5, 5.41) is 2.79. The van der Waals surface area contributed by atoms with Crippen LogP contribution >= 0.6 is 11.6 Å². The quantitative estimate of drug-likeness (QED) is 0.851. The Kier molecular flexibility index (Phi) is 4.63. The highest BCUT2D eigenvalue weighted by atomic mass is 35.5. The molecule has 6 heteroatoms. The number of methoxy groups -OCH3 is 1. The molecule has 0 aliphatic carbocycles. The Balaban J connectivity index is 2.39. The van der Waals surface area contributed by atoms with Crippen LogP contribution in [-0.2, 0) is 0 Å². The lowest BCUT2D eigenvalue weighted by molar-refractivity contribution is -0.144. The molecule has 0 heterocycles. The molecule has 0 radical (unpaired) electrons. The van der Waals surface area contributed by atoms with Gasteiger partial charge in [-0.1, -0.05) is 41.9 Å². The SMILES string of the molecule is COc1ccc(Cl)cc1NC(c1ccccc1)C(F)(F)F. The van der Waals surface area contributed by atoms with Crippen LogP contribution < -0.4 is 10.1 Å². The highest BCUT2D eigenvalue weighted by Crippen LogP contribution is 2.38. The third-order valence-corrected chi connectivity index (χ3v) is 3.16. The van der Waals surface area contributed by atoms with E-state index in [4.69, 9.17) is 16.3 Å². The molecule has 0 saturated carbocycles. The van der Waals surface area contributed by atoms with Crippen molar-refractivity contribution >= 4 is 17.3 Å².